The number of hydrogen-bond donors (Lipinski definition) is 0. The average Bonchev–Trinajstić information content (AvgIpc) is 2.50. The van der Waals surface area contributed by atoms with E-state index in [9.17, 15) is 5.26 Å². The summed E-state index contributed by atoms with van der Waals surface area (Å²) in [4.78, 5) is 2.45. The number of nitrogens with zero attached hydrogens (tertiary/aromatic N) is 2. The number of fused-ring (bicyclic) bond motifs is 1. The molecule has 22 heavy (non-hydrogen) atoms. The maximum absolute atomic E-state index is 9.57. The molecule has 0 aliphatic carbocycles. The summed E-state index contributed by atoms with van der Waals surface area (Å²) in [6.07, 6.45) is 0.880. The van der Waals surface area contributed by atoms with Gasteiger partial charge in [-0.1, -0.05) is 36.4 Å². The Hall–Kier alpha value is -1.85. The normalized spacial score (nSPS) is 13.0. The molecule has 0 fully saturated rings. The quantitative estimate of drug-likeness (QED) is 0.753. The second kappa shape index (κ2) is 7.42. The van der Waals surface area contributed by atoms with Crippen LogP contribution in [0.15, 0.2) is 42.5 Å². The second-order valence-electron chi connectivity index (χ2n) is 6.50. The molecule has 0 spiro atoms. The smallest absolute Gasteiger partial charge is 0.0725 e. The van der Waals surface area contributed by atoms with Crippen LogP contribution >= 0.6 is 0 Å². The summed E-state index contributed by atoms with van der Waals surface area (Å²) in [5, 5.41) is 12.0. The van der Waals surface area contributed by atoms with Crippen LogP contribution in [0.4, 0.5) is 0 Å². The first-order valence-electron chi connectivity index (χ1n) is 8.17. The number of hydrogen-bond acceptors (Lipinski definition) is 2. The lowest BCUT2D eigenvalue weighted by molar-refractivity contribution is 0.171. The summed E-state index contributed by atoms with van der Waals surface area (Å²) in [6.45, 7) is 9.84. The molecule has 1 unspecified atom stereocenters. The predicted octanol–water partition coefficient (Wildman–Crippen LogP) is 4.96. The van der Waals surface area contributed by atoms with Crippen LogP contribution in [0, 0.1) is 11.3 Å². The zero-order chi connectivity index (χ0) is 16.1. The Labute approximate surface area is 134 Å². The van der Waals surface area contributed by atoms with E-state index in [4.69, 9.17) is 0 Å². The molecular weight excluding hydrogens is 268 g/mol. The van der Waals surface area contributed by atoms with E-state index in [0.717, 1.165) is 18.5 Å². The molecule has 0 radical (unpaired) electrons. The molecule has 2 aromatic carbocycles. The number of nitriles is 1. The highest BCUT2D eigenvalue weighted by Gasteiger charge is 2.17. The molecule has 0 heterocycles. The Morgan fingerprint density at radius 2 is 1.59 bits per heavy atom. The highest BCUT2D eigenvalue weighted by atomic mass is 15.2. The van der Waals surface area contributed by atoms with Crippen LogP contribution in [0.3, 0.4) is 0 Å². The molecule has 1 atom stereocenters. The Morgan fingerprint density at radius 3 is 2.18 bits per heavy atom. The molecular formula is C20H26N2. The fourth-order valence-electron chi connectivity index (χ4n) is 3.12. The molecule has 0 aromatic heterocycles. The molecule has 2 nitrogen and oxygen atoms in total. The van der Waals surface area contributed by atoms with Gasteiger partial charge < -0.3 is 0 Å². The topological polar surface area (TPSA) is 27.0 Å². The van der Waals surface area contributed by atoms with E-state index in [1.165, 1.54) is 10.8 Å². The van der Waals surface area contributed by atoms with Crippen molar-refractivity contribution in [2.75, 3.05) is 6.54 Å². The summed E-state index contributed by atoms with van der Waals surface area (Å²) in [7, 11) is 0. The van der Waals surface area contributed by atoms with Gasteiger partial charge in [-0.3, -0.25) is 4.90 Å². The lowest BCUT2D eigenvalue weighted by Crippen LogP contribution is -2.38. The van der Waals surface area contributed by atoms with Crippen molar-refractivity contribution in [3.63, 3.8) is 0 Å². The Morgan fingerprint density at radius 1 is 0.955 bits per heavy atom. The Bertz CT molecular complexity index is 644. The fraction of sp³-hybridized carbons (Fsp3) is 0.450. The molecule has 0 amide bonds. The summed E-state index contributed by atoms with van der Waals surface area (Å²) in [5.74, 6) is -0.0374. The number of rotatable bonds is 6. The molecule has 0 saturated heterocycles. The summed E-state index contributed by atoms with van der Waals surface area (Å²) in [6, 6.07) is 18.2. The van der Waals surface area contributed by atoms with Crippen LogP contribution < -0.4 is 0 Å². The van der Waals surface area contributed by atoms with E-state index >= 15 is 0 Å². The van der Waals surface area contributed by atoms with Gasteiger partial charge in [0.1, 0.15) is 0 Å². The van der Waals surface area contributed by atoms with Crippen molar-refractivity contribution in [3.05, 3.63) is 48.0 Å². The van der Waals surface area contributed by atoms with Gasteiger partial charge in [0, 0.05) is 18.6 Å². The third-order valence-corrected chi connectivity index (χ3v) is 4.33. The highest BCUT2D eigenvalue weighted by Crippen LogP contribution is 2.24. The van der Waals surface area contributed by atoms with Crippen molar-refractivity contribution < 1.29 is 0 Å². The minimum atomic E-state index is -0.0374. The average molecular weight is 294 g/mol. The first kappa shape index (κ1) is 16.5. The van der Waals surface area contributed by atoms with Crippen LogP contribution in [0.2, 0.25) is 0 Å². The van der Waals surface area contributed by atoms with Crippen LogP contribution in [-0.2, 0) is 0 Å². The van der Waals surface area contributed by atoms with E-state index in [0.29, 0.717) is 12.1 Å². The molecule has 2 heteroatoms. The largest absolute Gasteiger partial charge is 0.298 e. The van der Waals surface area contributed by atoms with Crippen molar-refractivity contribution in [2.24, 2.45) is 0 Å². The van der Waals surface area contributed by atoms with Gasteiger partial charge in [-0.2, -0.15) is 5.26 Å². The van der Waals surface area contributed by atoms with Gasteiger partial charge in [-0.15, -0.1) is 0 Å². The van der Waals surface area contributed by atoms with Crippen molar-refractivity contribution in [1.82, 2.24) is 4.90 Å². The third-order valence-electron chi connectivity index (χ3n) is 4.33. The van der Waals surface area contributed by atoms with E-state index in [1.54, 1.807) is 0 Å². The third kappa shape index (κ3) is 3.87. The van der Waals surface area contributed by atoms with Crippen LogP contribution in [0.1, 0.15) is 45.6 Å². The monoisotopic (exact) mass is 294 g/mol. The summed E-state index contributed by atoms with van der Waals surface area (Å²) >= 11 is 0. The van der Waals surface area contributed by atoms with Crippen LogP contribution in [-0.4, -0.2) is 23.5 Å². The minimum Gasteiger partial charge on any atom is -0.298 e. The predicted molar refractivity (Wildman–Crippen MR) is 93.9 cm³/mol. The molecule has 0 aliphatic heterocycles. The van der Waals surface area contributed by atoms with Crippen LogP contribution in [0.5, 0.6) is 0 Å². The zero-order valence-electron chi connectivity index (χ0n) is 14.1. The van der Waals surface area contributed by atoms with Gasteiger partial charge in [-0.05, 0) is 56.5 Å². The van der Waals surface area contributed by atoms with Gasteiger partial charge in [0.05, 0.1) is 12.0 Å². The molecule has 116 valence electrons. The fourth-order valence-corrected chi connectivity index (χ4v) is 3.12. The summed E-state index contributed by atoms with van der Waals surface area (Å²) < 4.78 is 0. The van der Waals surface area contributed by atoms with Crippen molar-refractivity contribution in [3.8, 4) is 6.07 Å². The molecule has 0 aliphatic rings. The van der Waals surface area contributed by atoms with E-state index in [2.05, 4.69) is 69.0 Å². The Balaban J connectivity index is 2.15. The molecule has 2 rings (SSSR count). The van der Waals surface area contributed by atoms with Gasteiger partial charge in [0.25, 0.3) is 0 Å². The first-order chi connectivity index (χ1) is 10.5. The van der Waals surface area contributed by atoms with Crippen molar-refractivity contribution in [2.45, 2.75) is 52.1 Å². The lowest BCUT2D eigenvalue weighted by Gasteiger charge is -2.31. The Kier molecular flexibility index (Phi) is 5.57. The standard InChI is InChI=1S/C20H26N2/c1-15(2)22(16(3)4)12-11-20(14-21)19-10-9-17-7-5-6-8-18(17)13-19/h5-10,13,15-16,20H,11-12H2,1-4H3. The lowest BCUT2D eigenvalue weighted by atomic mass is 9.94. The van der Waals surface area contributed by atoms with Gasteiger partial charge >= 0.3 is 0 Å². The van der Waals surface area contributed by atoms with E-state index < -0.39 is 0 Å². The molecule has 0 N–H and O–H groups in total. The maximum Gasteiger partial charge on any atom is 0.0725 e. The molecule has 0 saturated carbocycles. The highest BCUT2D eigenvalue weighted by molar-refractivity contribution is 5.83. The molecule has 0 bridgehead atoms. The van der Waals surface area contributed by atoms with Gasteiger partial charge in [-0.25, -0.2) is 0 Å². The van der Waals surface area contributed by atoms with Crippen LogP contribution in [0.25, 0.3) is 10.8 Å². The second-order valence-corrected chi connectivity index (χ2v) is 6.50. The van der Waals surface area contributed by atoms with E-state index in [1.807, 2.05) is 12.1 Å². The first-order valence-corrected chi connectivity index (χ1v) is 8.17. The minimum absolute atomic E-state index is 0.0374. The van der Waals surface area contributed by atoms with Gasteiger partial charge in [0.15, 0.2) is 0 Å². The van der Waals surface area contributed by atoms with Gasteiger partial charge in [0.2, 0.25) is 0 Å². The SMILES string of the molecule is CC(C)N(CCC(C#N)c1ccc2ccccc2c1)C(C)C. The van der Waals surface area contributed by atoms with E-state index in [-0.39, 0.29) is 5.92 Å². The zero-order valence-corrected chi connectivity index (χ0v) is 14.1. The molecule has 2 aromatic rings. The maximum atomic E-state index is 9.57. The summed E-state index contributed by atoms with van der Waals surface area (Å²) in [5.41, 5.74) is 1.13. The number of benzene rings is 2. The van der Waals surface area contributed by atoms with Crippen molar-refractivity contribution in [1.29, 1.82) is 5.26 Å². The van der Waals surface area contributed by atoms with Crippen molar-refractivity contribution >= 4 is 10.8 Å².